The van der Waals surface area contributed by atoms with Crippen molar-refractivity contribution in [2.75, 3.05) is 0 Å². The summed E-state index contributed by atoms with van der Waals surface area (Å²) in [7, 11) is 3.09. The maximum atomic E-state index is 12.5. The molecule has 138 valence electrons. The second-order valence-corrected chi connectivity index (χ2v) is 10.0. The molecule has 0 heterocycles. The van der Waals surface area contributed by atoms with E-state index in [1.54, 1.807) is 0 Å². The molecule has 0 aliphatic heterocycles. The number of rotatable bonds is 3. The SMILES string of the molecule is CC1CCC(C(=O)OC2CCC(C3CCC(C)CC3)C(P)C2)CC1. The van der Waals surface area contributed by atoms with Gasteiger partial charge >= 0.3 is 5.97 Å². The van der Waals surface area contributed by atoms with Crippen molar-refractivity contribution in [1.29, 1.82) is 0 Å². The number of ether oxygens (including phenoxy) is 1. The Hall–Kier alpha value is -0.100. The Balaban J connectivity index is 1.44. The Morgan fingerprint density at radius 1 is 0.833 bits per heavy atom. The monoisotopic (exact) mass is 352 g/mol. The Morgan fingerprint density at radius 3 is 2.00 bits per heavy atom. The molecule has 0 radical (unpaired) electrons. The summed E-state index contributed by atoms with van der Waals surface area (Å²) in [6.45, 7) is 4.70. The molecule has 0 spiro atoms. The zero-order valence-corrected chi connectivity index (χ0v) is 16.9. The summed E-state index contributed by atoms with van der Waals surface area (Å²) in [6.07, 6.45) is 13.7. The predicted molar refractivity (Wildman–Crippen MR) is 103 cm³/mol. The van der Waals surface area contributed by atoms with Crippen LogP contribution in [0, 0.1) is 29.6 Å². The third-order valence-corrected chi connectivity index (χ3v) is 7.97. The molecular weight excluding hydrogens is 315 g/mol. The fourth-order valence-electron chi connectivity index (χ4n) is 5.35. The van der Waals surface area contributed by atoms with E-state index >= 15 is 0 Å². The van der Waals surface area contributed by atoms with Gasteiger partial charge in [0.15, 0.2) is 0 Å². The largest absolute Gasteiger partial charge is 0.462 e. The molecule has 0 aromatic rings. The molecule has 3 aliphatic rings. The predicted octanol–water partition coefficient (Wildman–Crippen LogP) is 5.59. The molecule has 2 nitrogen and oxygen atoms in total. The first kappa shape index (κ1) is 18.7. The number of hydrogen-bond acceptors (Lipinski definition) is 2. The van der Waals surface area contributed by atoms with Crippen molar-refractivity contribution in [3.63, 3.8) is 0 Å². The van der Waals surface area contributed by atoms with Crippen molar-refractivity contribution < 1.29 is 9.53 Å². The van der Waals surface area contributed by atoms with Crippen molar-refractivity contribution in [2.45, 2.75) is 96.2 Å². The molecule has 3 saturated carbocycles. The van der Waals surface area contributed by atoms with Crippen LogP contribution in [-0.4, -0.2) is 17.7 Å². The summed E-state index contributed by atoms with van der Waals surface area (Å²) in [5, 5.41) is 0. The summed E-state index contributed by atoms with van der Waals surface area (Å²) >= 11 is 0. The first-order valence-electron chi connectivity index (χ1n) is 10.5. The topological polar surface area (TPSA) is 26.3 Å². The normalized spacial score (nSPS) is 44.0. The van der Waals surface area contributed by atoms with Gasteiger partial charge in [0.25, 0.3) is 0 Å². The standard InChI is InChI=1S/C21H37O2P/c1-14-3-7-16(8-4-14)19-12-11-18(13-20(19)24)23-21(22)17-9-5-15(2)6-10-17/h14-20H,3-13,24H2,1-2H3. The third kappa shape index (κ3) is 4.75. The van der Waals surface area contributed by atoms with E-state index in [1.165, 1.54) is 44.9 Å². The van der Waals surface area contributed by atoms with Crippen molar-refractivity contribution in [3.8, 4) is 0 Å². The Morgan fingerprint density at radius 2 is 1.42 bits per heavy atom. The van der Waals surface area contributed by atoms with Crippen molar-refractivity contribution in [2.24, 2.45) is 29.6 Å². The van der Waals surface area contributed by atoms with E-state index in [4.69, 9.17) is 4.74 Å². The lowest BCUT2D eigenvalue weighted by molar-refractivity contribution is -0.157. The first-order valence-corrected chi connectivity index (χ1v) is 11.2. The van der Waals surface area contributed by atoms with Gasteiger partial charge in [-0.2, -0.15) is 0 Å². The minimum atomic E-state index is 0.106. The number of esters is 1. The fraction of sp³-hybridized carbons (Fsp3) is 0.952. The molecule has 3 heteroatoms. The molecule has 0 aromatic carbocycles. The molecule has 3 fully saturated rings. The van der Waals surface area contributed by atoms with E-state index in [0.29, 0.717) is 5.66 Å². The van der Waals surface area contributed by atoms with Crippen LogP contribution >= 0.6 is 9.24 Å². The Bertz CT molecular complexity index is 408. The lowest BCUT2D eigenvalue weighted by Gasteiger charge is -2.41. The van der Waals surface area contributed by atoms with E-state index in [2.05, 4.69) is 23.1 Å². The van der Waals surface area contributed by atoms with Gasteiger partial charge in [-0.1, -0.05) is 26.7 Å². The zero-order valence-electron chi connectivity index (χ0n) is 15.7. The van der Waals surface area contributed by atoms with Gasteiger partial charge in [-0.05, 0) is 87.1 Å². The highest BCUT2D eigenvalue weighted by molar-refractivity contribution is 7.17. The maximum absolute atomic E-state index is 12.5. The van der Waals surface area contributed by atoms with Crippen LogP contribution in [-0.2, 0) is 9.53 Å². The van der Waals surface area contributed by atoms with Gasteiger partial charge < -0.3 is 4.74 Å². The second-order valence-electron chi connectivity index (χ2n) is 9.18. The fourth-order valence-corrected chi connectivity index (χ4v) is 6.16. The highest BCUT2D eigenvalue weighted by Crippen LogP contribution is 2.43. The van der Waals surface area contributed by atoms with Crippen LogP contribution in [0.4, 0.5) is 0 Å². The first-order chi connectivity index (χ1) is 11.5. The van der Waals surface area contributed by atoms with E-state index in [1.807, 2.05) is 0 Å². The van der Waals surface area contributed by atoms with Gasteiger partial charge in [-0.25, -0.2) is 0 Å². The third-order valence-electron chi connectivity index (χ3n) is 7.20. The summed E-state index contributed by atoms with van der Waals surface area (Å²) < 4.78 is 5.94. The molecular formula is C21H37O2P. The number of carbonyl (C=O) groups excluding carboxylic acids is 1. The quantitative estimate of drug-likeness (QED) is 0.488. The minimum Gasteiger partial charge on any atom is -0.462 e. The smallest absolute Gasteiger partial charge is 0.309 e. The van der Waals surface area contributed by atoms with Crippen LogP contribution in [0.1, 0.15) is 84.5 Å². The Labute approximate surface area is 151 Å². The average molecular weight is 352 g/mol. The van der Waals surface area contributed by atoms with Crippen LogP contribution in [0.2, 0.25) is 0 Å². The summed E-state index contributed by atoms with van der Waals surface area (Å²) in [5.41, 5.74) is 0.640. The molecule has 4 atom stereocenters. The van der Waals surface area contributed by atoms with Crippen LogP contribution in [0.25, 0.3) is 0 Å². The molecule has 0 bridgehead atoms. The summed E-state index contributed by atoms with van der Waals surface area (Å²) in [4.78, 5) is 12.5. The van der Waals surface area contributed by atoms with Crippen molar-refractivity contribution in [3.05, 3.63) is 0 Å². The number of hydrogen-bond donors (Lipinski definition) is 0. The van der Waals surface area contributed by atoms with Gasteiger partial charge in [0.1, 0.15) is 6.10 Å². The highest BCUT2D eigenvalue weighted by Gasteiger charge is 2.36. The van der Waals surface area contributed by atoms with Gasteiger partial charge in [0.2, 0.25) is 0 Å². The molecule has 4 unspecified atom stereocenters. The summed E-state index contributed by atoms with van der Waals surface area (Å²) in [6, 6.07) is 0. The maximum Gasteiger partial charge on any atom is 0.309 e. The molecule has 24 heavy (non-hydrogen) atoms. The average Bonchev–Trinajstić information content (AvgIpc) is 2.57. The lowest BCUT2D eigenvalue weighted by Crippen LogP contribution is -2.37. The summed E-state index contributed by atoms with van der Waals surface area (Å²) in [5.74, 6) is 3.77. The second kappa shape index (κ2) is 8.52. The number of carbonyl (C=O) groups is 1. The van der Waals surface area contributed by atoms with Crippen molar-refractivity contribution in [1.82, 2.24) is 0 Å². The van der Waals surface area contributed by atoms with Gasteiger partial charge in [0, 0.05) is 0 Å². The van der Waals surface area contributed by atoms with E-state index in [0.717, 1.165) is 49.4 Å². The molecule has 0 saturated heterocycles. The lowest BCUT2D eigenvalue weighted by atomic mass is 9.70. The Kier molecular flexibility index (Phi) is 6.63. The van der Waals surface area contributed by atoms with Gasteiger partial charge in [-0.15, -0.1) is 9.24 Å². The molecule has 0 aromatic heterocycles. The highest BCUT2D eigenvalue weighted by atomic mass is 31.0. The van der Waals surface area contributed by atoms with Crippen LogP contribution in [0.3, 0.4) is 0 Å². The van der Waals surface area contributed by atoms with Gasteiger partial charge in [0.05, 0.1) is 5.92 Å². The molecule has 0 amide bonds. The van der Waals surface area contributed by atoms with Gasteiger partial charge in [-0.3, -0.25) is 4.79 Å². The minimum absolute atomic E-state index is 0.106. The van der Waals surface area contributed by atoms with Crippen LogP contribution in [0.15, 0.2) is 0 Å². The molecule has 3 rings (SSSR count). The van der Waals surface area contributed by atoms with E-state index < -0.39 is 0 Å². The van der Waals surface area contributed by atoms with Crippen LogP contribution < -0.4 is 0 Å². The van der Waals surface area contributed by atoms with Crippen LogP contribution in [0.5, 0.6) is 0 Å². The van der Waals surface area contributed by atoms with E-state index in [-0.39, 0.29) is 18.0 Å². The molecule has 3 aliphatic carbocycles. The molecule has 0 N–H and O–H groups in total. The van der Waals surface area contributed by atoms with E-state index in [9.17, 15) is 4.79 Å². The zero-order chi connectivity index (χ0) is 17.1. The van der Waals surface area contributed by atoms with Crippen molar-refractivity contribution >= 4 is 15.2 Å².